The number of para-hydroxylation sites is 1. The minimum absolute atomic E-state index is 0.0830. The van der Waals surface area contributed by atoms with Crippen LogP contribution >= 0.6 is 11.8 Å². The van der Waals surface area contributed by atoms with Gasteiger partial charge in [-0.3, -0.25) is 9.48 Å². The number of nitrogens with one attached hydrogen (secondary N) is 1. The van der Waals surface area contributed by atoms with Crippen LogP contribution in [-0.2, 0) is 18.9 Å². The van der Waals surface area contributed by atoms with E-state index in [-0.39, 0.29) is 11.7 Å². The van der Waals surface area contributed by atoms with Crippen molar-refractivity contribution in [2.45, 2.75) is 19.0 Å². The van der Waals surface area contributed by atoms with E-state index in [0.717, 1.165) is 39.4 Å². The zero-order chi connectivity index (χ0) is 23.5. The summed E-state index contributed by atoms with van der Waals surface area (Å²) in [7, 11) is 5.40. The van der Waals surface area contributed by atoms with Crippen molar-refractivity contribution in [3.63, 3.8) is 0 Å². The maximum absolute atomic E-state index is 12.6. The third-order valence-electron chi connectivity index (χ3n) is 5.33. The minimum atomic E-state index is -0.0830. The first-order chi connectivity index (χ1) is 15.9. The number of hydrogen-bond donors (Lipinski definition) is 1. The number of carbonyl (C=O) groups is 1. The Bertz CT molecular complexity index is 1290. The monoisotopic (exact) mass is 462 g/mol. The molecule has 0 aliphatic rings. The van der Waals surface area contributed by atoms with Crippen LogP contribution in [0.15, 0.2) is 53.8 Å². The van der Waals surface area contributed by atoms with E-state index in [9.17, 15) is 4.79 Å². The smallest absolute Gasteiger partial charge is 0.234 e. The van der Waals surface area contributed by atoms with E-state index in [4.69, 9.17) is 4.74 Å². The summed E-state index contributed by atoms with van der Waals surface area (Å²) < 4.78 is 9.00. The number of thioether (sulfide) groups is 1. The number of aromatic nitrogens is 5. The van der Waals surface area contributed by atoms with Gasteiger partial charge in [-0.25, -0.2) is 0 Å². The Balaban J connectivity index is 1.54. The summed E-state index contributed by atoms with van der Waals surface area (Å²) in [5.74, 6) is 1.59. The summed E-state index contributed by atoms with van der Waals surface area (Å²) in [6.45, 7) is 3.97. The van der Waals surface area contributed by atoms with E-state index in [1.165, 1.54) is 11.8 Å². The van der Waals surface area contributed by atoms with Gasteiger partial charge in [0.05, 0.1) is 18.4 Å². The lowest BCUT2D eigenvalue weighted by Gasteiger charge is -2.11. The molecule has 0 aliphatic heterocycles. The Hall–Kier alpha value is -3.59. The molecule has 0 radical (unpaired) electrons. The van der Waals surface area contributed by atoms with Gasteiger partial charge in [-0.05, 0) is 37.1 Å². The van der Waals surface area contributed by atoms with E-state index in [0.29, 0.717) is 11.0 Å². The highest BCUT2D eigenvalue weighted by Gasteiger charge is 2.20. The Labute approximate surface area is 197 Å². The predicted molar refractivity (Wildman–Crippen MR) is 130 cm³/mol. The molecule has 4 rings (SSSR count). The van der Waals surface area contributed by atoms with E-state index in [2.05, 4.69) is 20.6 Å². The first-order valence-corrected chi connectivity index (χ1v) is 11.4. The molecule has 2 aromatic carbocycles. The third kappa shape index (κ3) is 4.78. The second kappa shape index (κ2) is 9.50. The molecule has 1 amide bonds. The molecular weight excluding hydrogens is 436 g/mol. The SMILES string of the molecule is COc1cccc(-c2nn(C)cc2-c2nnc(SCC(=O)Nc3c(C)cccc3C)n2C)c1. The maximum atomic E-state index is 12.6. The summed E-state index contributed by atoms with van der Waals surface area (Å²) in [5.41, 5.74) is 5.51. The standard InChI is InChI=1S/C24H26N6O2S/c1-15-8-6-9-16(2)21(15)25-20(31)14-33-24-27-26-23(30(24)4)19-13-29(3)28-22(19)17-10-7-11-18(12-17)32-5/h6-13H,14H2,1-5H3,(H,25,31). The zero-order valence-electron chi connectivity index (χ0n) is 19.3. The zero-order valence-corrected chi connectivity index (χ0v) is 20.1. The van der Waals surface area contributed by atoms with Crippen LogP contribution in [0, 0.1) is 13.8 Å². The highest BCUT2D eigenvalue weighted by Crippen LogP contribution is 2.32. The normalized spacial score (nSPS) is 10.9. The highest BCUT2D eigenvalue weighted by molar-refractivity contribution is 7.99. The van der Waals surface area contributed by atoms with Crippen molar-refractivity contribution in [2.75, 3.05) is 18.2 Å². The Kier molecular flexibility index (Phi) is 6.50. The molecule has 0 fully saturated rings. The van der Waals surface area contributed by atoms with Crippen molar-refractivity contribution >= 4 is 23.4 Å². The Morgan fingerprint density at radius 3 is 2.55 bits per heavy atom. The number of carbonyl (C=O) groups excluding carboxylic acids is 1. The number of rotatable bonds is 7. The lowest BCUT2D eigenvalue weighted by Crippen LogP contribution is -2.16. The van der Waals surface area contributed by atoms with Gasteiger partial charge in [-0.2, -0.15) is 5.10 Å². The molecule has 2 heterocycles. The number of benzene rings is 2. The first kappa shape index (κ1) is 22.6. The Morgan fingerprint density at radius 2 is 1.82 bits per heavy atom. The van der Waals surface area contributed by atoms with Crippen molar-refractivity contribution < 1.29 is 9.53 Å². The van der Waals surface area contributed by atoms with Crippen molar-refractivity contribution in [1.29, 1.82) is 0 Å². The summed E-state index contributed by atoms with van der Waals surface area (Å²) in [6, 6.07) is 13.7. The fraction of sp³-hybridized carbons (Fsp3) is 0.250. The van der Waals surface area contributed by atoms with Gasteiger partial charge in [0.1, 0.15) is 11.4 Å². The minimum Gasteiger partial charge on any atom is -0.497 e. The lowest BCUT2D eigenvalue weighted by atomic mass is 10.1. The molecule has 0 saturated heterocycles. The van der Waals surface area contributed by atoms with Crippen molar-refractivity contribution in [3.8, 4) is 28.4 Å². The first-order valence-electron chi connectivity index (χ1n) is 10.4. The number of hydrogen-bond acceptors (Lipinski definition) is 6. The van der Waals surface area contributed by atoms with E-state index in [1.54, 1.807) is 11.8 Å². The number of amides is 1. The largest absolute Gasteiger partial charge is 0.497 e. The fourth-order valence-corrected chi connectivity index (χ4v) is 4.34. The van der Waals surface area contributed by atoms with Crippen LogP contribution in [0.25, 0.3) is 22.6 Å². The lowest BCUT2D eigenvalue weighted by molar-refractivity contribution is -0.113. The molecule has 0 unspecified atom stereocenters. The molecule has 0 saturated carbocycles. The molecule has 0 spiro atoms. The third-order valence-corrected chi connectivity index (χ3v) is 6.35. The van der Waals surface area contributed by atoms with Crippen molar-refractivity contribution in [3.05, 3.63) is 59.8 Å². The number of nitrogens with zero attached hydrogens (tertiary/aromatic N) is 5. The molecule has 9 heteroatoms. The average molecular weight is 463 g/mol. The average Bonchev–Trinajstić information content (AvgIpc) is 3.37. The molecule has 2 aromatic heterocycles. The quantitative estimate of drug-likeness (QED) is 0.414. The summed E-state index contributed by atoms with van der Waals surface area (Å²) in [4.78, 5) is 12.6. The van der Waals surface area contributed by atoms with Gasteiger partial charge in [0.15, 0.2) is 11.0 Å². The fourth-order valence-electron chi connectivity index (χ4n) is 3.63. The Morgan fingerprint density at radius 1 is 1.09 bits per heavy atom. The molecule has 0 aliphatic carbocycles. The van der Waals surface area contributed by atoms with Crippen LogP contribution < -0.4 is 10.1 Å². The van der Waals surface area contributed by atoms with Crippen LogP contribution in [0.2, 0.25) is 0 Å². The molecule has 33 heavy (non-hydrogen) atoms. The van der Waals surface area contributed by atoms with Crippen molar-refractivity contribution in [1.82, 2.24) is 24.5 Å². The molecule has 8 nitrogen and oxygen atoms in total. The molecular formula is C24H26N6O2S. The number of methoxy groups -OCH3 is 1. The molecule has 170 valence electrons. The maximum Gasteiger partial charge on any atom is 0.234 e. The predicted octanol–water partition coefficient (Wildman–Crippen LogP) is 4.24. The molecule has 0 atom stereocenters. The van der Waals surface area contributed by atoms with Crippen LogP contribution in [0.1, 0.15) is 11.1 Å². The van der Waals surface area contributed by atoms with E-state index < -0.39 is 0 Å². The molecule has 4 aromatic rings. The van der Waals surface area contributed by atoms with Crippen molar-refractivity contribution in [2.24, 2.45) is 14.1 Å². The van der Waals surface area contributed by atoms with Gasteiger partial charge in [0, 0.05) is 31.5 Å². The van der Waals surface area contributed by atoms with Gasteiger partial charge >= 0.3 is 0 Å². The van der Waals surface area contributed by atoms with Crippen LogP contribution in [0.5, 0.6) is 5.75 Å². The van der Waals surface area contributed by atoms with Gasteiger partial charge < -0.3 is 14.6 Å². The topological polar surface area (TPSA) is 86.9 Å². The summed E-state index contributed by atoms with van der Waals surface area (Å²) in [5, 5.41) is 17.0. The number of anilines is 1. The van der Waals surface area contributed by atoms with Gasteiger partial charge in [0.2, 0.25) is 5.91 Å². The second-order valence-corrected chi connectivity index (χ2v) is 8.71. The molecule has 0 bridgehead atoms. The van der Waals surface area contributed by atoms with Crippen LogP contribution in [-0.4, -0.2) is 43.3 Å². The molecule has 1 N–H and O–H groups in total. The number of aryl methyl sites for hydroxylation is 3. The van der Waals surface area contributed by atoms with Crippen LogP contribution in [0.4, 0.5) is 5.69 Å². The van der Waals surface area contributed by atoms with Gasteiger partial charge in [-0.15, -0.1) is 10.2 Å². The number of ether oxygens (including phenoxy) is 1. The van der Waals surface area contributed by atoms with Gasteiger partial charge in [-0.1, -0.05) is 42.1 Å². The second-order valence-electron chi connectivity index (χ2n) is 7.77. The van der Waals surface area contributed by atoms with E-state index in [1.807, 2.05) is 81.2 Å². The van der Waals surface area contributed by atoms with Crippen LogP contribution in [0.3, 0.4) is 0 Å². The van der Waals surface area contributed by atoms with Gasteiger partial charge in [0.25, 0.3) is 0 Å². The summed E-state index contributed by atoms with van der Waals surface area (Å²) >= 11 is 1.35. The van der Waals surface area contributed by atoms with E-state index >= 15 is 0 Å². The highest BCUT2D eigenvalue weighted by atomic mass is 32.2. The summed E-state index contributed by atoms with van der Waals surface area (Å²) in [6.07, 6.45) is 1.92.